The van der Waals surface area contributed by atoms with E-state index in [1.165, 1.54) is 37.1 Å². The lowest BCUT2D eigenvalue weighted by Gasteiger charge is -2.10. The fourth-order valence-corrected chi connectivity index (χ4v) is 4.41. The number of ether oxygens (including phenoxy) is 1. The van der Waals surface area contributed by atoms with E-state index >= 15 is 0 Å². The van der Waals surface area contributed by atoms with Crippen LogP contribution in [-0.4, -0.2) is 20.5 Å². The van der Waals surface area contributed by atoms with Gasteiger partial charge in [0, 0.05) is 27.6 Å². The van der Waals surface area contributed by atoms with Crippen molar-refractivity contribution in [2.24, 2.45) is 0 Å². The van der Waals surface area contributed by atoms with Gasteiger partial charge in [0.2, 0.25) is 0 Å². The van der Waals surface area contributed by atoms with Crippen molar-refractivity contribution in [2.45, 2.75) is 14.7 Å². The van der Waals surface area contributed by atoms with Crippen LogP contribution in [0.1, 0.15) is 0 Å². The molecular formula is C19H16N2O5S2. The van der Waals surface area contributed by atoms with Crippen molar-refractivity contribution in [3.05, 3.63) is 82.9 Å². The Kier molecular flexibility index (Phi) is 5.86. The summed E-state index contributed by atoms with van der Waals surface area (Å²) in [5.41, 5.74) is 0.429. The first-order chi connectivity index (χ1) is 13.4. The van der Waals surface area contributed by atoms with Crippen molar-refractivity contribution in [3.8, 4) is 5.75 Å². The second-order valence-corrected chi connectivity index (χ2v) is 8.49. The van der Waals surface area contributed by atoms with Crippen LogP contribution in [0.15, 0.2) is 87.5 Å². The molecule has 7 nitrogen and oxygen atoms in total. The van der Waals surface area contributed by atoms with Crippen molar-refractivity contribution in [3.63, 3.8) is 0 Å². The summed E-state index contributed by atoms with van der Waals surface area (Å²) in [6.07, 6.45) is 0. The molecule has 0 radical (unpaired) electrons. The summed E-state index contributed by atoms with van der Waals surface area (Å²) in [5, 5.41) is 10.7. The molecule has 0 aliphatic carbocycles. The molecule has 144 valence electrons. The molecule has 0 aromatic heterocycles. The van der Waals surface area contributed by atoms with Gasteiger partial charge in [0.25, 0.3) is 15.7 Å². The first-order valence-electron chi connectivity index (χ1n) is 8.07. The molecule has 0 amide bonds. The van der Waals surface area contributed by atoms with Crippen LogP contribution in [0, 0.1) is 10.1 Å². The number of non-ortho nitro benzene ring substituents is 1. The predicted octanol–water partition coefficient (Wildman–Crippen LogP) is 4.56. The fraction of sp³-hybridized carbons (Fsp3) is 0.0526. The minimum absolute atomic E-state index is 0.00405. The van der Waals surface area contributed by atoms with E-state index < -0.39 is 14.9 Å². The Morgan fingerprint density at radius 3 is 2.25 bits per heavy atom. The van der Waals surface area contributed by atoms with Crippen LogP contribution in [0.25, 0.3) is 0 Å². The summed E-state index contributed by atoms with van der Waals surface area (Å²) in [4.78, 5) is 11.9. The van der Waals surface area contributed by atoms with Crippen molar-refractivity contribution in [1.82, 2.24) is 0 Å². The monoisotopic (exact) mass is 416 g/mol. The smallest absolute Gasteiger partial charge is 0.269 e. The van der Waals surface area contributed by atoms with E-state index in [9.17, 15) is 18.5 Å². The number of anilines is 1. The molecule has 0 aliphatic rings. The van der Waals surface area contributed by atoms with Gasteiger partial charge >= 0.3 is 0 Å². The standard InChI is InChI=1S/C19H16N2O5S2/c1-26-16-9-5-14(6-10-16)20-28(24,25)19-4-2-3-18(13-19)27-17-11-7-15(8-12-17)21(22)23/h2-13,20H,1H3. The molecule has 0 bridgehead atoms. The highest BCUT2D eigenvalue weighted by molar-refractivity contribution is 7.99. The van der Waals surface area contributed by atoms with Gasteiger partial charge in [-0.25, -0.2) is 8.42 Å². The van der Waals surface area contributed by atoms with Gasteiger partial charge in [-0.2, -0.15) is 0 Å². The average Bonchev–Trinajstić information content (AvgIpc) is 2.69. The average molecular weight is 416 g/mol. The van der Waals surface area contributed by atoms with E-state index in [4.69, 9.17) is 4.74 Å². The normalized spacial score (nSPS) is 11.0. The van der Waals surface area contributed by atoms with Gasteiger partial charge in [0.15, 0.2) is 0 Å². The maximum absolute atomic E-state index is 12.7. The molecule has 0 spiro atoms. The Labute approximate surface area is 166 Å². The third-order valence-electron chi connectivity index (χ3n) is 3.74. The lowest BCUT2D eigenvalue weighted by atomic mass is 10.3. The second-order valence-electron chi connectivity index (χ2n) is 5.66. The summed E-state index contributed by atoms with van der Waals surface area (Å²) in [6.45, 7) is 0. The Balaban J connectivity index is 1.78. The zero-order valence-electron chi connectivity index (χ0n) is 14.7. The van der Waals surface area contributed by atoms with E-state index in [0.29, 0.717) is 16.3 Å². The van der Waals surface area contributed by atoms with Crippen molar-refractivity contribution < 1.29 is 18.1 Å². The molecule has 0 saturated carbocycles. The van der Waals surface area contributed by atoms with Crippen LogP contribution < -0.4 is 9.46 Å². The Bertz CT molecular complexity index is 1080. The molecule has 0 aliphatic heterocycles. The fourth-order valence-electron chi connectivity index (χ4n) is 2.35. The zero-order chi connectivity index (χ0) is 20.1. The molecule has 3 aromatic carbocycles. The molecule has 0 saturated heterocycles. The maximum Gasteiger partial charge on any atom is 0.269 e. The second kappa shape index (κ2) is 8.32. The predicted molar refractivity (Wildman–Crippen MR) is 107 cm³/mol. The Morgan fingerprint density at radius 1 is 0.964 bits per heavy atom. The van der Waals surface area contributed by atoms with Crippen LogP contribution in [0.4, 0.5) is 11.4 Å². The minimum atomic E-state index is -3.76. The number of nitro benzene ring substituents is 1. The quantitative estimate of drug-likeness (QED) is 0.448. The third-order valence-corrected chi connectivity index (χ3v) is 6.12. The summed E-state index contributed by atoms with van der Waals surface area (Å²) in [7, 11) is -2.22. The topological polar surface area (TPSA) is 98.5 Å². The summed E-state index contributed by atoms with van der Waals surface area (Å²) in [5.74, 6) is 0.629. The van der Waals surface area contributed by atoms with E-state index in [2.05, 4.69) is 4.72 Å². The molecule has 3 rings (SSSR count). The van der Waals surface area contributed by atoms with Crippen molar-refractivity contribution in [2.75, 3.05) is 11.8 Å². The highest BCUT2D eigenvalue weighted by atomic mass is 32.2. The SMILES string of the molecule is COc1ccc(NS(=O)(=O)c2cccc(Sc3ccc([N+](=O)[O-])cc3)c2)cc1. The number of hydrogen-bond acceptors (Lipinski definition) is 6. The van der Waals surface area contributed by atoms with Crippen molar-refractivity contribution >= 4 is 33.2 Å². The third kappa shape index (κ3) is 4.81. The number of rotatable bonds is 7. The van der Waals surface area contributed by atoms with E-state index in [0.717, 1.165) is 4.90 Å². The summed E-state index contributed by atoms with van der Waals surface area (Å²) < 4.78 is 32.9. The van der Waals surface area contributed by atoms with Gasteiger partial charge in [-0.15, -0.1) is 0 Å². The van der Waals surface area contributed by atoms with Gasteiger partial charge < -0.3 is 4.74 Å². The van der Waals surface area contributed by atoms with Crippen LogP contribution >= 0.6 is 11.8 Å². The van der Waals surface area contributed by atoms with E-state index in [1.54, 1.807) is 54.6 Å². The van der Waals surface area contributed by atoms with Crippen molar-refractivity contribution in [1.29, 1.82) is 0 Å². The molecular weight excluding hydrogens is 400 g/mol. The molecule has 0 unspecified atom stereocenters. The number of methoxy groups -OCH3 is 1. The zero-order valence-corrected chi connectivity index (χ0v) is 16.4. The number of hydrogen-bond donors (Lipinski definition) is 1. The van der Waals surface area contributed by atoms with E-state index in [1.807, 2.05) is 0 Å². The summed E-state index contributed by atoms with van der Waals surface area (Å²) in [6, 6.07) is 19.1. The molecule has 3 aromatic rings. The first-order valence-corrected chi connectivity index (χ1v) is 10.4. The lowest BCUT2D eigenvalue weighted by Crippen LogP contribution is -2.12. The minimum Gasteiger partial charge on any atom is -0.497 e. The molecule has 0 fully saturated rings. The molecule has 9 heteroatoms. The highest BCUT2D eigenvalue weighted by Crippen LogP contribution is 2.30. The summed E-state index contributed by atoms with van der Waals surface area (Å²) >= 11 is 1.32. The van der Waals surface area contributed by atoms with Gasteiger partial charge in [-0.05, 0) is 54.6 Å². The van der Waals surface area contributed by atoms with Crippen LogP contribution in [0.5, 0.6) is 5.75 Å². The van der Waals surface area contributed by atoms with Crippen LogP contribution in [-0.2, 0) is 10.0 Å². The van der Waals surface area contributed by atoms with Gasteiger partial charge in [0.05, 0.1) is 16.9 Å². The maximum atomic E-state index is 12.7. The molecule has 1 N–H and O–H groups in total. The highest BCUT2D eigenvalue weighted by Gasteiger charge is 2.15. The van der Waals surface area contributed by atoms with Crippen LogP contribution in [0.2, 0.25) is 0 Å². The number of sulfonamides is 1. The number of nitro groups is 1. The largest absolute Gasteiger partial charge is 0.497 e. The lowest BCUT2D eigenvalue weighted by molar-refractivity contribution is -0.384. The Morgan fingerprint density at radius 2 is 1.64 bits per heavy atom. The Hall–Kier alpha value is -3.04. The number of nitrogens with zero attached hydrogens (tertiary/aromatic N) is 1. The molecule has 0 atom stereocenters. The number of nitrogens with one attached hydrogen (secondary N) is 1. The first kappa shape index (κ1) is 19.7. The molecule has 0 heterocycles. The number of benzene rings is 3. The van der Waals surface area contributed by atoms with Gasteiger partial charge in [0.1, 0.15) is 5.75 Å². The van der Waals surface area contributed by atoms with Gasteiger partial charge in [-0.1, -0.05) is 17.8 Å². The van der Waals surface area contributed by atoms with Crippen LogP contribution in [0.3, 0.4) is 0 Å². The van der Waals surface area contributed by atoms with E-state index in [-0.39, 0.29) is 10.6 Å². The van der Waals surface area contributed by atoms with Gasteiger partial charge in [-0.3, -0.25) is 14.8 Å². The molecule has 28 heavy (non-hydrogen) atoms.